The van der Waals surface area contributed by atoms with E-state index in [9.17, 15) is 13.2 Å². The van der Waals surface area contributed by atoms with Gasteiger partial charge in [0.2, 0.25) is 15.9 Å². The molecule has 3 heterocycles. The maximum Gasteiger partial charge on any atom is 0.241 e. The van der Waals surface area contributed by atoms with E-state index in [-0.39, 0.29) is 6.04 Å². The highest BCUT2D eigenvalue weighted by atomic mass is 32.2. The number of fused-ring (bicyclic) bond motifs is 1. The van der Waals surface area contributed by atoms with Crippen molar-refractivity contribution in [3.8, 4) is 11.5 Å². The highest BCUT2D eigenvalue weighted by Crippen LogP contribution is 2.38. The van der Waals surface area contributed by atoms with Gasteiger partial charge in [0.15, 0.2) is 11.5 Å². The fourth-order valence-corrected chi connectivity index (χ4v) is 6.09. The van der Waals surface area contributed by atoms with E-state index < -0.39 is 21.7 Å². The van der Waals surface area contributed by atoms with Gasteiger partial charge in [0, 0.05) is 31.0 Å². The summed E-state index contributed by atoms with van der Waals surface area (Å²) in [4.78, 5) is 17.0. The van der Waals surface area contributed by atoms with E-state index in [2.05, 4.69) is 9.62 Å². The molecule has 1 unspecified atom stereocenters. The number of carbonyl (C=O) groups is 1. The minimum Gasteiger partial charge on any atom is -0.486 e. The molecule has 5 rings (SSSR count). The van der Waals surface area contributed by atoms with Gasteiger partial charge in [-0.15, -0.1) is 0 Å². The Balaban J connectivity index is 1.23. The first-order valence-corrected chi connectivity index (χ1v) is 13.7. The summed E-state index contributed by atoms with van der Waals surface area (Å²) in [6.45, 7) is 3.61. The van der Waals surface area contributed by atoms with E-state index in [4.69, 9.17) is 9.47 Å². The van der Waals surface area contributed by atoms with Gasteiger partial charge in [0.05, 0.1) is 6.04 Å². The summed E-state index contributed by atoms with van der Waals surface area (Å²) in [5, 5.41) is 0. The van der Waals surface area contributed by atoms with Gasteiger partial charge in [-0.25, -0.2) is 8.42 Å². The first-order valence-electron chi connectivity index (χ1n) is 12.0. The zero-order valence-electron chi connectivity index (χ0n) is 19.2. The van der Waals surface area contributed by atoms with Crippen molar-refractivity contribution < 1.29 is 22.7 Å². The molecule has 0 bridgehead atoms. The predicted molar refractivity (Wildman–Crippen MR) is 131 cm³/mol. The van der Waals surface area contributed by atoms with Gasteiger partial charge in [-0.1, -0.05) is 6.07 Å². The average Bonchev–Trinajstić information content (AvgIpc) is 3.35. The van der Waals surface area contributed by atoms with Crippen molar-refractivity contribution >= 4 is 27.3 Å². The molecule has 2 saturated heterocycles. The van der Waals surface area contributed by atoms with Crippen LogP contribution in [0.2, 0.25) is 0 Å². The van der Waals surface area contributed by atoms with Gasteiger partial charge in [0.1, 0.15) is 19.0 Å². The van der Waals surface area contributed by atoms with Crippen molar-refractivity contribution in [3.63, 3.8) is 0 Å². The van der Waals surface area contributed by atoms with Crippen LogP contribution in [-0.4, -0.2) is 57.8 Å². The molecule has 3 aliphatic rings. The maximum absolute atomic E-state index is 13.0. The highest BCUT2D eigenvalue weighted by molar-refractivity contribution is 7.93. The van der Waals surface area contributed by atoms with E-state index in [1.54, 1.807) is 17.0 Å². The summed E-state index contributed by atoms with van der Waals surface area (Å²) in [5.74, 6) is 0.395. The molecule has 0 radical (unpaired) electrons. The standard InChI is InChI=1S/C25H31N3O5S/c29-25(28-14-4-5-22(28)19-6-11-23-24(17-19)33-16-15-32-23)18-34(30,31)26-20-7-9-21(10-8-20)27-12-2-1-3-13-27/h6-11,17,22,26H,1-5,12-16,18H2. The third kappa shape index (κ3) is 5.09. The maximum atomic E-state index is 13.0. The number of anilines is 2. The second-order valence-corrected chi connectivity index (χ2v) is 10.8. The van der Waals surface area contributed by atoms with Crippen LogP contribution in [0.1, 0.15) is 43.7 Å². The Morgan fingerprint density at radius 1 is 0.912 bits per heavy atom. The zero-order chi connectivity index (χ0) is 23.5. The molecule has 0 aromatic heterocycles. The van der Waals surface area contributed by atoms with Crippen molar-refractivity contribution in [1.29, 1.82) is 0 Å². The van der Waals surface area contributed by atoms with Crippen LogP contribution in [-0.2, 0) is 14.8 Å². The molecule has 0 saturated carbocycles. The molecule has 1 atom stereocenters. The predicted octanol–water partition coefficient (Wildman–Crippen LogP) is 3.55. The summed E-state index contributed by atoms with van der Waals surface area (Å²) in [6.07, 6.45) is 5.24. The Kier molecular flexibility index (Phi) is 6.54. The van der Waals surface area contributed by atoms with Crippen LogP contribution in [0.3, 0.4) is 0 Å². The third-order valence-electron chi connectivity index (χ3n) is 6.70. The van der Waals surface area contributed by atoms with Crippen molar-refractivity contribution in [2.24, 2.45) is 0 Å². The quantitative estimate of drug-likeness (QED) is 0.673. The van der Waals surface area contributed by atoms with Crippen LogP contribution < -0.4 is 19.1 Å². The van der Waals surface area contributed by atoms with Crippen molar-refractivity contribution in [2.45, 2.75) is 38.1 Å². The van der Waals surface area contributed by atoms with Crippen LogP contribution in [0.5, 0.6) is 11.5 Å². The fourth-order valence-electron chi connectivity index (χ4n) is 5.03. The van der Waals surface area contributed by atoms with Crippen molar-refractivity contribution in [3.05, 3.63) is 48.0 Å². The Morgan fingerprint density at radius 2 is 1.65 bits per heavy atom. The highest BCUT2D eigenvalue weighted by Gasteiger charge is 2.33. The number of hydrogen-bond donors (Lipinski definition) is 1. The summed E-state index contributed by atoms with van der Waals surface area (Å²) >= 11 is 0. The second-order valence-electron chi connectivity index (χ2n) is 9.10. The van der Waals surface area contributed by atoms with E-state index in [0.717, 1.165) is 37.2 Å². The third-order valence-corrected chi connectivity index (χ3v) is 7.87. The number of benzene rings is 2. The van der Waals surface area contributed by atoms with E-state index in [1.165, 1.54) is 19.3 Å². The van der Waals surface area contributed by atoms with Crippen molar-refractivity contribution in [2.75, 3.05) is 48.2 Å². The summed E-state index contributed by atoms with van der Waals surface area (Å²) in [6, 6.07) is 12.9. The number of ether oxygens (including phenoxy) is 2. The van der Waals surface area contributed by atoms with Crippen LogP contribution >= 0.6 is 0 Å². The molecule has 2 aromatic carbocycles. The number of likely N-dealkylation sites (tertiary alicyclic amines) is 1. The molecule has 8 nitrogen and oxygen atoms in total. The van der Waals surface area contributed by atoms with Crippen LogP contribution in [0.15, 0.2) is 42.5 Å². The lowest BCUT2D eigenvalue weighted by atomic mass is 10.0. The molecule has 0 aliphatic carbocycles. The summed E-state index contributed by atoms with van der Waals surface area (Å²) in [7, 11) is -3.83. The minimum atomic E-state index is -3.83. The molecule has 3 aliphatic heterocycles. The van der Waals surface area contributed by atoms with E-state index >= 15 is 0 Å². The molecule has 1 amide bonds. The number of nitrogens with one attached hydrogen (secondary N) is 1. The summed E-state index contributed by atoms with van der Waals surface area (Å²) < 4.78 is 39.4. The molecule has 2 aromatic rings. The monoisotopic (exact) mass is 485 g/mol. The molecular weight excluding hydrogens is 454 g/mol. The molecule has 0 spiro atoms. The topological polar surface area (TPSA) is 88.2 Å². The van der Waals surface area contributed by atoms with Gasteiger partial charge in [0.25, 0.3) is 0 Å². The van der Waals surface area contributed by atoms with Crippen molar-refractivity contribution in [1.82, 2.24) is 4.90 Å². The molecule has 2 fully saturated rings. The van der Waals surface area contributed by atoms with Gasteiger partial charge in [-0.05, 0) is 74.1 Å². The Hall–Kier alpha value is -2.94. The zero-order valence-corrected chi connectivity index (χ0v) is 20.1. The fraction of sp³-hybridized carbons (Fsp3) is 0.480. The Morgan fingerprint density at radius 3 is 2.41 bits per heavy atom. The lowest BCUT2D eigenvalue weighted by Gasteiger charge is -2.29. The Bertz CT molecular complexity index is 1130. The molecule has 1 N–H and O–H groups in total. The Labute approximate surface area is 200 Å². The van der Waals surface area contributed by atoms with Gasteiger partial charge in [-0.2, -0.15) is 0 Å². The number of carbonyl (C=O) groups excluding carboxylic acids is 1. The number of rotatable bonds is 6. The normalized spacial score (nSPS) is 20.3. The lowest BCUT2D eigenvalue weighted by Crippen LogP contribution is -2.37. The van der Waals surface area contributed by atoms with Gasteiger partial charge < -0.3 is 19.3 Å². The average molecular weight is 486 g/mol. The SMILES string of the molecule is O=C(CS(=O)(=O)Nc1ccc(N2CCCCC2)cc1)N1CCCC1c1ccc2c(c1)OCCO2. The number of amides is 1. The molecule has 34 heavy (non-hydrogen) atoms. The largest absolute Gasteiger partial charge is 0.486 e. The van der Waals surface area contributed by atoms with E-state index in [0.29, 0.717) is 36.9 Å². The minimum absolute atomic E-state index is 0.164. The summed E-state index contributed by atoms with van der Waals surface area (Å²) in [5.41, 5.74) is 2.50. The number of sulfonamides is 1. The van der Waals surface area contributed by atoms with Crippen LogP contribution in [0.4, 0.5) is 11.4 Å². The second kappa shape index (κ2) is 9.74. The number of nitrogens with zero attached hydrogens (tertiary/aromatic N) is 2. The molecule has 9 heteroatoms. The molecule has 182 valence electrons. The van der Waals surface area contributed by atoms with Crippen LogP contribution in [0.25, 0.3) is 0 Å². The molecular formula is C25H31N3O5S. The first kappa shape index (κ1) is 22.8. The van der Waals surface area contributed by atoms with Crippen LogP contribution in [0, 0.1) is 0 Å². The first-order chi connectivity index (χ1) is 16.5. The van der Waals surface area contributed by atoms with E-state index in [1.807, 2.05) is 30.3 Å². The van der Waals surface area contributed by atoms with Gasteiger partial charge in [-0.3, -0.25) is 9.52 Å². The number of hydrogen-bond acceptors (Lipinski definition) is 6. The number of piperidine rings is 1. The smallest absolute Gasteiger partial charge is 0.241 e. The lowest BCUT2D eigenvalue weighted by molar-refractivity contribution is -0.129. The van der Waals surface area contributed by atoms with Gasteiger partial charge >= 0.3 is 0 Å².